The number of nitriles is 1. The lowest BCUT2D eigenvalue weighted by Crippen LogP contribution is -2.31. The van der Waals surface area contributed by atoms with Gasteiger partial charge in [0.1, 0.15) is 11.5 Å². The van der Waals surface area contributed by atoms with Crippen LogP contribution in [0, 0.1) is 18.3 Å². The number of pyridine rings is 1. The minimum Gasteiger partial charge on any atom is -0.351 e. The van der Waals surface area contributed by atoms with Crippen molar-refractivity contribution in [2.45, 2.75) is 19.9 Å². The van der Waals surface area contributed by atoms with Gasteiger partial charge in [-0.3, -0.25) is 9.98 Å². The molecular formula is C18H20N4. The van der Waals surface area contributed by atoms with Gasteiger partial charge in [0.15, 0.2) is 0 Å². The number of benzene rings is 1. The Labute approximate surface area is 131 Å². The lowest BCUT2D eigenvalue weighted by molar-refractivity contribution is 0.401. The van der Waals surface area contributed by atoms with Crippen molar-refractivity contribution in [3.8, 4) is 6.07 Å². The molecule has 0 N–H and O–H groups in total. The van der Waals surface area contributed by atoms with E-state index >= 15 is 0 Å². The summed E-state index contributed by atoms with van der Waals surface area (Å²) < 4.78 is 0. The van der Waals surface area contributed by atoms with Crippen LogP contribution in [0.2, 0.25) is 0 Å². The van der Waals surface area contributed by atoms with Gasteiger partial charge in [0, 0.05) is 20.3 Å². The number of hydrogen-bond donors (Lipinski definition) is 0. The SMILES string of the molecule is CN=C(c1ccccn1)N(C)C(C)c1cc(C)ccc1C#N. The van der Waals surface area contributed by atoms with Crippen LogP contribution in [0.25, 0.3) is 0 Å². The Bertz CT molecular complexity index is 714. The van der Waals surface area contributed by atoms with E-state index in [1.54, 1.807) is 13.2 Å². The molecule has 0 radical (unpaired) electrons. The van der Waals surface area contributed by atoms with E-state index in [9.17, 15) is 5.26 Å². The Morgan fingerprint density at radius 2 is 2.09 bits per heavy atom. The third-order valence-electron chi connectivity index (χ3n) is 3.80. The first-order valence-electron chi connectivity index (χ1n) is 7.20. The van der Waals surface area contributed by atoms with E-state index in [0.29, 0.717) is 5.56 Å². The Kier molecular flexibility index (Phi) is 4.90. The van der Waals surface area contributed by atoms with Crippen molar-refractivity contribution in [1.82, 2.24) is 9.88 Å². The topological polar surface area (TPSA) is 52.3 Å². The molecular weight excluding hydrogens is 272 g/mol. The van der Waals surface area contributed by atoms with Crippen LogP contribution in [0.4, 0.5) is 0 Å². The molecule has 2 rings (SSSR count). The summed E-state index contributed by atoms with van der Waals surface area (Å²) in [6.45, 7) is 4.11. The minimum atomic E-state index is 0.0234. The van der Waals surface area contributed by atoms with Crippen LogP contribution in [0.3, 0.4) is 0 Å². The highest BCUT2D eigenvalue weighted by Crippen LogP contribution is 2.25. The summed E-state index contributed by atoms with van der Waals surface area (Å²) in [7, 11) is 3.74. The van der Waals surface area contributed by atoms with Crippen molar-refractivity contribution < 1.29 is 0 Å². The second-order valence-electron chi connectivity index (χ2n) is 5.25. The second kappa shape index (κ2) is 6.86. The molecule has 0 saturated carbocycles. The van der Waals surface area contributed by atoms with Crippen molar-refractivity contribution in [2.24, 2.45) is 4.99 Å². The molecule has 4 heteroatoms. The summed E-state index contributed by atoms with van der Waals surface area (Å²) in [6, 6.07) is 14.0. The summed E-state index contributed by atoms with van der Waals surface area (Å²) in [5.74, 6) is 0.804. The predicted molar refractivity (Wildman–Crippen MR) is 88.8 cm³/mol. The number of amidine groups is 1. The minimum absolute atomic E-state index is 0.0234. The molecule has 1 aromatic heterocycles. The maximum absolute atomic E-state index is 9.34. The zero-order valence-electron chi connectivity index (χ0n) is 13.4. The number of aryl methyl sites for hydroxylation is 1. The molecule has 0 bridgehead atoms. The van der Waals surface area contributed by atoms with Crippen LogP contribution in [0.1, 0.15) is 35.3 Å². The first-order chi connectivity index (χ1) is 10.6. The van der Waals surface area contributed by atoms with Crippen molar-refractivity contribution in [2.75, 3.05) is 14.1 Å². The maximum Gasteiger partial charge on any atom is 0.149 e. The largest absolute Gasteiger partial charge is 0.351 e. The molecule has 0 fully saturated rings. The highest BCUT2D eigenvalue weighted by atomic mass is 15.2. The molecule has 0 aliphatic heterocycles. The average Bonchev–Trinajstić information content (AvgIpc) is 2.55. The fraction of sp³-hybridized carbons (Fsp3) is 0.278. The summed E-state index contributed by atoms with van der Waals surface area (Å²) in [5.41, 5.74) is 3.66. The molecule has 0 aliphatic carbocycles. The molecule has 4 nitrogen and oxygen atoms in total. The van der Waals surface area contributed by atoms with Crippen molar-refractivity contribution in [3.63, 3.8) is 0 Å². The van der Waals surface area contributed by atoms with Crippen LogP contribution in [-0.2, 0) is 0 Å². The summed E-state index contributed by atoms with van der Waals surface area (Å²) >= 11 is 0. The molecule has 0 spiro atoms. The zero-order chi connectivity index (χ0) is 16.1. The van der Waals surface area contributed by atoms with Gasteiger partial charge in [-0.05, 0) is 37.6 Å². The van der Waals surface area contributed by atoms with Crippen molar-refractivity contribution in [3.05, 3.63) is 65.0 Å². The molecule has 0 aliphatic rings. The molecule has 0 saturated heterocycles. The first kappa shape index (κ1) is 15.7. The van der Waals surface area contributed by atoms with Gasteiger partial charge in [-0.25, -0.2) is 0 Å². The quantitative estimate of drug-likeness (QED) is 0.644. The van der Waals surface area contributed by atoms with E-state index in [1.807, 2.05) is 44.3 Å². The molecule has 1 heterocycles. The molecule has 0 amide bonds. The Balaban J connectivity index is 2.39. The average molecular weight is 292 g/mol. The first-order valence-corrected chi connectivity index (χ1v) is 7.20. The third kappa shape index (κ3) is 3.15. The van der Waals surface area contributed by atoms with Crippen molar-refractivity contribution >= 4 is 5.84 Å². The van der Waals surface area contributed by atoms with E-state index in [1.165, 1.54) is 0 Å². The van der Waals surface area contributed by atoms with E-state index in [4.69, 9.17) is 0 Å². The number of rotatable bonds is 3. The fourth-order valence-corrected chi connectivity index (χ4v) is 2.47. The Morgan fingerprint density at radius 1 is 1.32 bits per heavy atom. The molecule has 1 aromatic carbocycles. The molecule has 1 unspecified atom stereocenters. The smallest absolute Gasteiger partial charge is 0.149 e. The van der Waals surface area contributed by atoms with E-state index in [0.717, 1.165) is 22.7 Å². The normalized spacial score (nSPS) is 12.6. The third-order valence-corrected chi connectivity index (χ3v) is 3.80. The maximum atomic E-state index is 9.34. The van der Waals surface area contributed by atoms with Gasteiger partial charge < -0.3 is 4.90 Å². The van der Waals surface area contributed by atoms with Gasteiger partial charge >= 0.3 is 0 Å². The monoisotopic (exact) mass is 292 g/mol. The Hall–Kier alpha value is -2.67. The highest BCUT2D eigenvalue weighted by molar-refractivity contribution is 5.97. The number of aromatic nitrogens is 1. The van der Waals surface area contributed by atoms with Gasteiger partial charge in [0.2, 0.25) is 0 Å². The summed E-state index contributed by atoms with van der Waals surface area (Å²) in [4.78, 5) is 10.8. The number of aliphatic imine (C=N–C) groups is 1. The lowest BCUT2D eigenvalue weighted by atomic mass is 9.98. The standard InChI is InChI=1S/C18H20N4/c1-13-8-9-15(12-19)16(11-13)14(2)22(4)18(20-3)17-7-5-6-10-21-17/h5-11,14H,1-4H3. The van der Waals surface area contributed by atoms with E-state index in [-0.39, 0.29) is 6.04 Å². The highest BCUT2D eigenvalue weighted by Gasteiger charge is 2.20. The van der Waals surface area contributed by atoms with Gasteiger partial charge in [-0.1, -0.05) is 23.8 Å². The molecule has 112 valence electrons. The van der Waals surface area contributed by atoms with E-state index in [2.05, 4.69) is 33.9 Å². The van der Waals surface area contributed by atoms with Crippen LogP contribution in [-0.4, -0.2) is 29.8 Å². The van der Waals surface area contributed by atoms with Gasteiger partial charge in [0.25, 0.3) is 0 Å². The van der Waals surface area contributed by atoms with Crippen LogP contribution in [0.15, 0.2) is 47.6 Å². The number of nitrogens with zero attached hydrogens (tertiary/aromatic N) is 4. The summed E-state index contributed by atoms with van der Waals surface area (Å²) in [5, 5.41) is 9.34. The Morgan fingerprint density at radius 3 is 2.68 bits per heavy atom. The zero-order valence-corrected chi connectivity index (χ0v) is 13.4. The van der Waals surface area contributed by atoms with Crippen LogP contribution in [0.5, 0.6) is 0 Å². The lowest BCUT2D eigenvalue weighted by Gasteiger charge is -2.29. The van der Waals surface area contributed by atoms with Gasteiger partial charge in [0.05, 0.1) is 17.7 Å². The van der Waals surface area contributed by atoms with Crippen LogP contribution < -0.4 is 0 Å². The molecule has 2 aromatic rings. The van der Waals surface area contributed by atoms with Gasteiger partial charge in [-0.15, -0.1) is 0 Å². The molecule has 1 atom stereocenters. The van der Waals surface area contributed by atoms with Crippen LogP contribution >= 0.6 is 0 Å². The fourth-order valence-electron chi connectivity index (χ4n) is 2.47. The molecule has 22 heavy (non-hydrogen) atoms. The number of hydrogen-bond acceptors (Lipinski definition) is 3. The predicted octanol–water partition coefficient (Wildman–Crippen LogP) is 3.33. The van der Waals surface area contributed by atoms with E-state index < -0.39 is 0 Å². The van der Waals surface area contributed by atoms with Crippen molar-refractivity contribution in [1.29, 1.82) is 5.26 Å². The summed E-state index contributed by atoms with van der Waals surface area (Å²) in [6.07, 6.45) is 1.76. The second-order valence-corrected chi connectivity index (χ2v) is 5.25. The van der Waals surface area contributed by atoms with Gasteiger partial charge in [-0.2, -0.15) is 5.26 Å².